The van der Waals surface area contributed by atoms with Gasteiger partial charge >= 0.3 is 11.9 Å². The smallest absolute Gasteiger partial charge is 0.308 e. The van der Waals surface area contributed by atoms with Crippen molar-refractivity contribution in [2.24, 2.45) is 11.8 Å². The van der Waals surface area contributed by atoms with Gasteiger partial charge in [-0.25, -0.2) is 0 Å². The average Bonchev–Trinajstić information content (AvgIpc) is 2.48. The van der Waals surface area contributed by atoms with Crippen LogP contribution in [0.25, 0.3) is 0 Å². The second-order valence-electron chi connectivity index (χ2n) is 5.30. The Morgan fingerprint density at radius 3 is 1.35 bits per heavy atom. The first-order valence-corrected chi connectivity index (χ1v) is 7.76. The second kappa shape index (κ2) is 11.7. The lowest BCUT2D eigenvalue weighted by atomic mass is 9.89. The van der Waals surface area contributed by atoms with E-state index in [1.54, 1.807) is 0 Å². The Labute approximate surface area is 123 Å². The maximum atomic E-state index is 11.7. The molecule has 0 bridgehead atoms. The molecule has 0 saturated carbocycles. The van der Waals surface area contributed by atoms with Crippen LogP contribution in [-0.2, 0) is 19.1 Å². The number of rotatable bonds is 11. The number of hydrogen-bond donors (Lipinski definition) is 0. The molecule has 0 aromatic heterocycles. The normalized spacial score (nSPS) is 13.6. The molecule has 4 nitrogen and oxygen atoms in total. The Balaban J connectivity index is 4.43. The molecule has 0 N–H and O–H groups in total. The third-order valence-electron chi connectivity index (χ3n) is 3.74. The van der Waals surface area contributed by atoms with Gasteiger partial charge in [-0.15, -0.1) is 0 Å². The van der Waals surface area contributed by atoms with Gasteiger partial charge in [0.2, 0.25) is 0 Å². The van der Waals surface area contributed by atoms with E-state index >= 15 is 0 Å². The van der Waals surface area contributed by atoms with Crippen molar-refractivity contribution in [3.8, 4) is 0 Å². The van der Waals surface area contributed by atoms with Crippen LogP contribution in [0.4, 0.5) is 0 Å². The van der Waals surface area contributed by atoms with Crippen LogP contribution in [0.3, 0.4) is 0 Å². The van der Waals surface area contributed by atoms with E-state index < -0.39 is 0 Å². The highest BCUT2D eigenvalue weighted by Crippen LogP contribution is 2.23. The number of methoxy groups -OCH3 is 2. The number of carbonyl (C=O) groups excluding carboxylic acids is 2. The quantitative estimate of drug-likeness (QED) is 0.543. The minimum atomic E-state index is -0.155. The van der Waals surface area contributed by atoms with Crippen molar-refractivity contribution in [3.63, 3.8) is 0 Å². The molecule has 0 aromatic carbocycles. The Hall–Kier alpha value is -1.06. The fourth-order valence-corrected chi connectivity index (χ4v) is 2.40. The number of hydrogen-bond acceptors (Lipinski definition) is 4. The van der Waals surface area contributed by atoms with Crippen molar-refractivity contribution < 1.29 is 19.1 Å². The molecule has 118 valence electrons. The molecule has 0 aromatic rings. The number of ether oxygens (including phenoxy) is 2. The van der Waals surface area contributed by atoms with Gasteiger partial charge in [-0.2, -0.15) is 0 Å². The molecule has 0 fully saturated rings. The van der Waals surface area contributed by atoms with E-state index in [0.717, 1.165) is 38.5 Å². The van der Waals surface area contributed by atoms with Crippen LogP contribution < -0.4 is 0 Å². The van der Waals surface area contributed by atoms with Gasteiger partial charge in [-0.05, 0) is 25.7 Å². The van der Waals surface area contributed by atoms with Crippen molar-refractivity contribution in [2.75, 3.05) is 14.2 Å². The van der Waals surface area contributed by atoms with Crippen LogP contribution in [0.15, 0.2) is 0 Å². The summed E-state index contributed by atoms with van der Waals surface area (Å²) >= 11 is 0. The molecule has 4 heteroatoms. The summed E-state index contributed by atoms with van der Waals surface area (Å²) in [4.78, 5) is 23.5. The molecule has 2 atom stereocenters. The molecule has 0 amide bonds. The molecule has 0 aliphatic carbocycles. The zero-order valence-electron chi connectivity index (χ0n) is 13.4. The van der Waals surface area contributed by atoms with E-state index in [2.05, 4.69) is 13.8 Å². The van der Waals surface area contributed by atoms with Gasteiger partial charge in [0, 0.05) is 0 Å². The van der Waals surface area contributed by atoms with Crippen LogP contribution in [0.5, 0.6) is 0 Å². The molecular weight excluding hydrogens is 256 g/mol. The predicted molar refractivity (Wildman–Crippen MR) is 79.3 cm³/mol. The minimum Gasteiger partial charge on any atom is -0.469 e. The Kier molecular flexibility index (Phi) is 11.1. The molecule has 0 aliphatic heterocycles. The fourth-order valence-electron chi connectivity index (χ4n) is 2.40. The lowest BCUT2D eigenvalue weighted by Crippen LogP contribution is -2.21. The summed E-state index contributed by atoms with van der Waals surface area (Å²) in [5.74, 6) is -0.488. The van der Waals surface area contributed by atoms with Crippen molar-refractivity contribution in [2.45, 2.75) is 65.2 Å². The van der Waals surface area contributed by atoms with Crippen LogP contribution >= 0.6 is 0 Å². The van der Waals surface area contributed by atoms with Crippen molar-refractivity contribution in [1.82, 2.24) is 0 Å². The second-order valence-corrected chi connectivity index (χ2v) is 5.30. The molecule has 2 unspecified atom stereocenters. The molecular formula is C16H30O4. The van der Waals surface area contributed by atoms with Crippen LogP contribution in [0.2, 0.25) is 0 Å². The molecule has 0 saturated heterocycles. The number of carbonyl (C=O) groups is 2. The summed E-state index contributed by atoms with van der Waals surface area (Å²) in [6.45, 7) is 4.21. The zero-order valence-corrected chi connectivity index (χ0v) is 13.4. The maximum absolute atomic E-state index is 11.7. The Morgan fingerprint density at radius 1 is 0.750 bits per heavy atom. The lowest BCUT2D eigenvalue weighted by molar-refractivity contribution is -0.149. The highest BCUT2D eigenvalue weighted by atomic mass is 16.5. The minimum absolute atomic E-state index is 0.0891. The van der Waals surface area contributed by atoms with Gasteiger partial charge in [-0.1, -0.05) is 39.5 Å². The van der Waals surface area contributed by atoms with Gasteiger partial charge in [0.05, 0.1) is 26.1 Å². The summed E-state index contributed by atoms with van der Waals surface area (Å²) in [6, 6.07) is 0. The lowest BCUT2D eigenvalue weighted by Gasteiger charge is -2.18. The highest BCUT2D eigenvalue weighted by molar-refractivity contribution is 5.73. The van der Waals surface area contributed by atoms with Gasteiger partial charge < -0.3 is 9.47 Å². The molecule has 0 aliphatic rings. The predicted octanol–water partition coefficient (Wildman–Crippen LogP) is 3.73. The van der Waals surface area contributed by atoms with Crippen LogP contribution in [0, 0.1) is 11.8 Å². The monoisotopic (exact) mass is 286 g/mol. The SMILES string of the molecule is CCCCC(CCC(CCCC)C(=O)OC)C(=O)OC. The van der Waals surface area contributed by atoms with E-state index in [4.69, 9.17) is 9.47 Å². The molecule has 0 heterocycles. The van der Waals surface area contributed by atoms with Gasteiger partial charge in [-0.3, -0.25) is 9.59 Å². The summed E-state index contributed by atoms with van der Waals surface area (Å²) in [7, 11) is 2.85. The molecule has 0 rings (SSSR count). The maximum Gasteiger partial charge on any atom is 0.308 e. The zero-order chi connectivity index (χ0) is 15.4. The third-order valence-corrected chi connectivity index (χ3v) is 3.74. The van der Waals surface area contributed by atoms with Crippen LogP contribution in [0.1, 0.15) is 65.2 Å². The molecule has 0 spiro atoms. The van der Waals surface area contributed by atoms with E-state index in [1.165, 1.54) is 14.2 Å². The first kappa shape index (κ1) is 18.9. The first-order valence-electron chi connectivity index (χ1n) is 7.76. The summed E-state index contributed by atoms with van der Waals surface area (Å²) in [6.07, 6.45) is 7.23. The largest absolute Gasteiger partial charge is 0.469 e. The topological polar surface area (TPSA) is 52.6 Å². The number of unbranched alkanes of at least 4 members (excludes halogenated alkanes) is 2. The fraction of sp³-hybridized carbons (Fsp3) is 0.875. The van der Waals surface area contributed by atoms with Crippen molar-refractivity contribution in [1.29, 1.82) is 0 Å². The van der Waals surface area contributed by atoms with Gasteiger partial charge in [0.1, 0.15) is 0 Å². The Bertz CT molecular complexity index is 248. The first-order chi connectivity index (χ1) is 9.60. The van der Waals surface area contributed by atoms with E-state index in [-0.39, 0.29) is 23.8 Å². The van der Waals surface area contributed by atoms with E-state index in [0.29, 0.717) is 12.8 Å². The molecule has 0 radical (unpaired) electrons. The highest BCUT2D eigenvalue weighted by Gasteiger charge is 2.24. The Morgan fingerprint density at radius 2 is 1.10 bits per heavy atom. The standard InChI is InChI=1S/C16H30O4/c1-5-7-9-13(15(17)19-3)11-12-14(10-8-6-2)16(18)20-4/h13-14H,5-12H2,1-4H3. The average molecular weight is 286 g/mol. The van der Waals surface area contributed by atoms with Gasteiger partial charge in [0.15, 0.2) is 0 Å². The van der Waals surface area contributed by atoms with Crippen molar-refractivity contribution >= 4 is 11.9 Å². The van der Waals surface area contributed by atoms with Crippen LogP contribution in [-0.4, -0.2) is 26.2 Å². The molecule has 20 heavy (non-hydrogen) atoms. The summed E-state index contributed by atoms with van der Waals surface area (Å²) in [5, 5.41) is 0. The van der Waals surface area contributed by atoms with Gasteiger partial charge in [0.25, 0.3) is 0 Å². The van der Waals surface area contributed by atoms with Crippen molar-refractivity contribution in [3.05, 3.63) is 0 Å². The summed E-state index contributed by atoms with van der Waals surface area (Å²) < 4.78 is 9.71. The van der Waals surface area contributed by atoms with E-state index in [9.17, 15) is 9.59 Å². The van der Waals surface area contributed by atoms with E-state index in [1.807, 2.05) is 0 Å². The number of esters is 2. The summed E-state index contributed by atoms with van der Waals surface area (Å²) in [5.41, 5.74) is 0. The third kappa shape index (κ3) is 7.51.